The zero-order valence-corrected chi connectivity index (χ0v) is 12.1. The molecule has 0 bridgehead atoms. The van der Waals surface area contributed by atoms with Crippen molar-refractivity contribution in [3.63, 3.8) is 0 Å². The molecular formula is C9H8BF3KNO. The van der Waals surface area contributed by atoms with Gasteiger partial charge in [0.05, 0.1) is 18.1 Å². The zero-order valence-electron chi connectivity index (χ0n) is 9.01. The van der Waals surface area contributed by atoms with Gasteiger partial charge in [-0.1, -0.05) is 6.07 Å². The Labute approximate surface area is 134 Å². The van der Waals surface area contributed by atoms with Crippen molar-refractivity contribution in [2.24, 2.45) is 0 Å². The van der Waals surface area contributed by atoms with Crippen molar-refractivity contribution in [2.75, 3.05) is 6.51 Å². The van der Waals surface area contributed by atoms with E-state index in [0.29, 0.717) is 5.56 Å². The molecule has 1 rings (SSSR count). The summed E-state index contributed by atoms with van der Waals surface area (Å²) in [5.41, 5.74) is 0.860. The number of hydrogen-bond acceptors (Lipinski definition) is 2. The fraction of sp³-hybridized carbons (Fsp3) is 0.222. The Morgan fingerprint density at radius 3 is 2.50 bits per heavy atom. The van der Waals surface area contributed by atoms with E-state index >= 15 is 0 Å². The molecule has 80 valence electrons. The Kier molecular flexibility index (Phi) is 6.67. The van der Waals surface area contributed by atoms with E-state index in [1.54, 1.807) is 13.0 Å². The molecule has 0 aliphatic heterocycles. The molecule has 0 aromatic heterocycles. The van der Waals surface area contributed by atoms with Crippen LogP contribution in [0.25, 0.3) is 0 Å². The average Bonchev–Trinajstić information content (AvgIpc) is 2.15. The number of aryl methyl sites for hydroxylation is 1. The molecule has 0 radical (unpaired) electrons. The van der Waals surface area contributed by atoms with Gasteiger partial charge in [-0.05, 0) is 24.6 Å². The third-order valence-electron chi connectivity index (χ3n) is 1.75. The molecule has 0 unspecified atom stereocenters. The molecule has 0 saturated heterocycles. The molecule has 0 aliphatic rings. The molecule has 7 heteroatoms. The largest absolute Gasteiger partial charge is 1.00 e. The van der Waals surface area contributed by atoms with Gasteiger partial charge in [0.2, 0.25) is 0 Å². The first kappa shape index (κ1) is 16.0. The molecule has 16 heavy (non-hydrogen) atoms. The van der Waals surface area contributed by atoms with Crippen LogP contribution in [0.1, 0.15) is 11.1 Å². The second kappa shape index (κ2) is 6.67. The number of rotatable bonds is 3. The van der Waals surface area contributed by atoms with Crippen molar-refractivity contribution in [3.05, 3.63) is 29.3 Å². The van der Waals surface area contributed by atoms with E-state index in [-0.39, 0.29) is 62.7 Å². The van der Waals surface area contributed by atoms with Gasteiger partial charge in [-0.15, -0.1) is 0 Å². The summed E-state index contributed by atoms with van der Waals surface area (Å²) < 4.78 is 40.4. The molecule has 0 N–H and O–H groups in total. The van der Waals surface area contributed by atoms with Crippen LogP contribution in [0, 0.1) is 18.3 Å². The predicted octanol–water partition coefficient (Wildman–Crippen LogP) is -0.364. The summed E-state index contributed by atoms with van der Waals surface area (Å²) in [5.74, 6) is 0.105. The zero-order chi connectivity index (χ0) is 11.5. The Morgan fingerprint density at radius 2 is 2.00 bits per heavy atom. The van der Waals surface area contributed by atoms with Crippen molar-refractivity contribution in [2.45, 2.75) is 6.92 Å². The summed E-state index contributed by atoms with van der Waals surface area (Å²) >= 11 is 0. The van der Waals surface area contributed by atoms with Crippen LogP contribution < -0.4 is 56.1 Å². The van der Waals surface area contributed by atoms with Crippen molar-refractivity contribution >= 4 is 6.98 Å². The van der Waals surface area contributed by atoms with E-state index in [1.165, 1.54) is 12.1 Å². The van der Waals surface area contributed by atoms with Crippen LogP contribution in [0.5, 0.6) is 5.75 Å². The molecule has 0 amide bonds. The normalized spacial score (nSPS) is 10.2. The van der Waals surface area contributed by atoms with Crippen LogP contribution in [-0.2, 0) is 0 Å². The van der Waals surface area contributed by atoms with Crippen molar-refractivity contribution in [1.82, 2.24) is 0 Å². The maximum absolute atomic E-state index is 11.9. The van der Waals surface area contributed by atoms with Gasteiger partial charge in [-0.25, -0.2) is 0 Å². The van der Waals surface area contributed by atoms with Gasteiger partial charge in [-0.3, -0.25) is 0 Å². The van der Waals surface area contributed by atoms with E-state index in [0.717, 1.165) is 0 Å². The molecule has 1 aromatic rings. The Balaban J connectivity index is 0.00000225. The number of halogens is 3. The quantitative estimate of drug-likeness (QED) is 0.689. The molecule has 0 atom stereocenters. The van der Waals surface area contributed by atoms with Crippen LogP contribution in [0.15, 0.2) is 18.2 Å². The van der Waals surface area contributed by atoms with Crippen LogP contribution >= 0.6 is 0 Å². The van der Waals surface area contributed by atoms with E-state index in [4.69, 9.17) is 5.26 Å². The molecule has 0 spiro atoms. The molecule has 1 aromatic carbocycles. The summed E-state index contributed by atoms with van der Waals surface area (Å²) in [6, 6.07) is 6.22. The number of ether oxygens (including phenoxy) is 1. The smallest absolute Gasteiger partial charge is 0.521 e. The predicted molar refractivity (Wildman–Crippen MR) is 50.5 cm³/mol. The van der Waals surface area contributed by atoms with Crippen LogP contribution in [0.2, 0.25) is 0 Å². The first-order valence-electron chi connectivity index (χ1n) is 4.27. The van der Waals surface area contributed by atoms with Crippen molar-refractivity contribution in [1.29, 1.82) is 5.26 Å². The summed E-state index contributed by atoms with van der Waals surface area (Å²) in [5, 5.41) is 8.56. The van der Waals surface area contributed by atoms with Crippen LogP contribution in [0.4, 0.5) is 12.9 Å². The summed E-state index contributed by atoms with van der Waals surface area (Å²) in [6.45, 7) is -4.62. The minimum Gasteiger partial charge on any atom is -0.521 e. The van der Waals surface area contributed by atoms with Gasteiger partial charge in [0.25, 0.3) is 0 Å². The number of benzene rings is 1. The summed E-state index contributed by atoms with van der Waals surface area (Å²) in [4.78, 5) is 0. The fourth-order valence-corrected chi connectivity index (χ4v) is 1.01. The van der Waals surface area contributed by atoms with E-state index in [9.17, 15) is 12.9 Å². The van der Waals surface area contributed by atoms with E-state index in [2.05, 4.69) is 4.74 Å². The monoisotopic (exact) mass is 253 g/mol. The third-order valence-corrected chi connectivity index (χ3v) is 1.75. The van der Waals surface area contributed by atoms with Crippen LogP contribution in [-0.4, -0.2) is 13.5 Å². The van der Waals surface area contributed by atoms with Crippen molar-refractivity contribution in [3.8, 4) is 11.8 Å². The molecule has 0 fully saturated rings. The van der Waals surface area contributed by atoms with E-state index < -0.39 is 13.5 Å². The second-order valence-electron chi connectivity index (χ2n) is 3.11. The average molecular weight is 253 g/mol. The first-order valence-corrected chi connectivity index (χ1v) is 4.27. The molecule has 0 aliphatic carbocycles. The first-order chi connectivity index (χ1) is 6.92. The number of hydrogen-bond donors (Lipinski definition) is 0. The summed E-state index contributed by atoms with van der Waals surface area (Å²) in [7, 11) is 0. The number of nitrogens with zero attached hydrogens (tertiary/aromatic N) is 1. The molecule has 0 saturated carbocycles. The maximum Gasteiger partial charge on any atom is 1.00 e. The van der Waals surface area contributed by atoms with Gasteiger partial charge in [0, 0.05) is 0 Å². The summed E-state index contributed by atoms with van der Waals surface area (Å²) in [6.07, 6.45) is 0. The Hall–Kier alpha value is 0.00130. The van der Waals surface area contributed by atoms with E-state index in [1.807, 2.05) is 6.07 Å². The van der Waals surface area contributed by atoms with Gasteiger partial charge < -0.3 is 17.7 Å². The maximum atomic E-state index is 11.9. The van der Waals surface area contributed by atoms with Gasteiger partial charge in [-0.2, -0.15) is 5.26 Å². The standard InChI is InChI=1S/C9H8BF3NO.K/c1-7-2-3-8(5-14)4-9(7)15-6-10(11,12)13;/h2-4H,6H2,1H3;/q-1;+1. The third kappa shape index (κ3) is 5.37. The second-order valence-corrected chi connectivity index (χ2v) is 3.11. The molecule has 0 heterocycles. The minimum atomic E-state index is -4.96. The SMILES string of the molecule is Cc1ccc(C#N)cc1OC[B-](F)(F)F.[K+]. The molecule has 2 nitrogen and oxygen atoms in total. The fourth-order valence-electron chi connectivity index (χ4n) is 1.01. The number of nitriles is 1. The van der Waals surface area contributed by atoms with Gasteiger partial charge in [0.15, 0.2) is 0 Å². The van der Waals surface area contributed by atoms with Gasteiger partial charge >= 0.3 is 58.4 Å². The molecular weight excluding hydrogens is 245 g/mol. The Bertz CT molecular complexity index is 403. The van der Waals surface area contributed by atoms with Crippen LogP contribution in [0.3, 0.4) is 0 Å². The van der Waals surface area contributed by atoms with Gasteiger partial charge in [0.1, 0.15) is 5.75 Å². The van der Waals surface area contributed by atoms with Crippen molar-refractivity contribution < 1.29 is 69.1 Å². The minimum absolute atomic E-state index is 0. The topological polar surface area (TPSA) is 33.0 Å². The Morgan fingerprint density at radius 1 is 1.38 bits per heavy atom.